The fourth-order valence-electron chi connectivity index (χ4n) is 2.58. The Balaban J connectivity index is 1.71. The predicted octanol–water partition coefficient (Wildman–Crippen LogP) is 0.977. The van der Waals surface area contributed by atoms with Crippen LogP contribution in [0.25, 0.3) is 11.2 Å². The molecule has 0 saturated heterocycles. The Kier molecular flexibility index (Phi) is 5.03. The van der Waals surface area contributed by atoms with Crippen LogP contribution in [0.2, 0.25) is 0 Å². The number of carbonyl (C=O) groups is 1. The maximum absolute atomic E-state index is 12.3. The summed E-state index contributed by atoms with van der Waals surface area (Å²) in [4.78, 5) is 44.4. The summed E-state index contributed by atoms with van der Waals surface area (Å²) in [5.41, 5.74) is -0.196. The van der Waals surface area contributed by atoms with E-state index in [0.717, 1.165) is 4.57 Å². The van der Waals surface area contributed by atoms with Gasteiger partial charge < -0.3 is 9.30 Å². The number of carbonyl (C=O) groups excluding carboxylic acids is 1. The summed E-state index contributed by atoms with van der Waals surface area (Å²) >= 11 is 3.21. The number of nitrogens with zero attached hydrogens (tertiary/aromatic N) is 5. The van der Waals surface area contributed by atoms with E-state index in [4.69, 9.17) is 4.74 Å². The second-order valence-electron chi connectivity index (χ2n) is 5.69. The van der Waals surface area contributed by atoms with Crippen molar-refractivity contribution in [2.45, 2.75) is 19.4 Å². The maximum Gasteiger partial charge on any atom is 0.332 e. The number of hydrogen-bond acceptors (Lipinski definition) is 6. The van der Waals surface area contributed by atoms with Crippen molar-refractivity contribution in [2.24, 2.45) is 14.1 Å². The number of imidazole rings is 1. The van der Waals surface area contributed by atoms with E-state index in [1.165, 1.54) is 17.9 Å². The second-order valence-corrected chi connectivity index (χ2v) is 6.44. The number of halogens is 1. The van der Waals surface area contributed by atoms with Gasteiger partial charge in [-0.2, -0.15) is 0 Å². The van der Waals surface area contributed by atoms with Crippen LogP contribution in [0, 0.1) is 0 Å². The normalized spacial score (nSPS) is 11.0. The first-order valence-corrected chi connectivity index (χ1v) is 8.61. The largest absolute Gasteiger partial charge is 0.424 e. The van der Waals surface area contributed by atoms with E-state index in [1.807, 2.05) is 0 Å². The Morgan fingerprint density at radius 1 is 1.23 bits per heavy atom. The predicted molar refractivity (Wildman–Crippen MR) is 97.0 cm³/mol. The molecule has 0 aliphatic rings. The van der Waals surface area contributed by atoms with E-state index in [0.29, 0.717) is 34.5 Å². The molecule has 0 saturated carbocycles. The summed E-state index contributed by atoms with van der Waals surface area (Å²) in [7, 11) is 2.98. The van der Waals surface area contributed by atoms with Crippen molar-refractivity contribution in [3.8, 4) is 5.75 Å². The van der Waals surface area contributed by atoms with Gasteiger partial charge in [-0.05, 0) is 34.5 Å². The lowest BCUT2D eigenvalue weighted by Gasteiger charge is -2.07. The summed E-state index contributed by atoms with van der Waals surface area (Å²) in [6.45, 7) is 0.396. The van der Waals surface area contributed by atoms with Crippen LogP contribution in [-0.2, 0) is 25.4 Å². The maximum atomic E-state index is 12.3. The van der Waals surface area contributed by atoms with E-state index < -0.39 is 17.2 Å². The molecular weight excluding hydrogens is 406 g/mol. The van der Waals surface area contributed by atoms with Crippen molar-refractivity contribution < 1.29 is 9.53 Å². The van der Waals surface area contributed by atoms with Crippen molar-refractivity contribution >= 4 is 33.1 Å². The first-order valence-electron chi connectivity index (χ1n) is 7.82. The standard InChI is InChI=1S/C16H16BrN5O4/c1-20-14-12(15(24)21(2)16(20)25)22(9-19-14)8-4-6-11(23)26-10-5-3-7-18-13(10)17/h3,5,7,9H,4,6,8H2,1-2H3. The van der Waals surface area contributed by atoms with E-state index in [1.54, 1.807) is 29.9 Å². The van der Waals surface area contributed by atoms with Crippen molar-refractivity contribution in [3.05, 3.63) is 50.1 Å². The molecule has 0 aromatic carbocycles. The third-order valence-electron chi connectivity index (χ3n) is 3.95. The lowest BCUT2D eigenvalue weighted by molar-refractivity contribution is -0.134. The molecule has 0 aliphatic carbocycles. The molecule has 0 unspecified atom stereocenters. The zero-order chi connectivity index (χ0) is 18.8. The molecule has 9 nitrogen and oxygen atoms in total. The van der Waals surface area contributed by atoms with Gasteiger partial charge in [0.2, 0.25) is 0 Å². The molecule has 0 spiro atoms. The Hall–Kier alpha value is -2.75. The summed E-state index contributed by atoms with van der Waals surface area (Å²) in [5.74, 6) is -0.0436. The fourth-order valence-corrected chi connectivity index (χ4v) is 2.91. The number of aromatic nitrogens is 5. The van der Waals surface area contributed by atoms with Crippen molar-refractivity contribution in [1.82, 2.24) is 23.7 Å². The number of esters is 1. The molecule has 0 atom stereocenters. The number of rotatable bonds is 5. The molecular formula is C16H16BrN5O4. The molecule has 0 radical (unpaired) electrons. The number of aryl methyl sites for hydroxylation is 2. The molecule has 0 N–H and O–H groups in total. The highest BCUT2D eigenvalue weighted by atomic mass is 79.9. The monoisotopic (exact) mass is 421 g/mol. The van der Waals surface area contributed by atoms with Crippen LogP contribution in [0.5, 0.6) is 5.75 Å². The van der Waals surface area contributed by atoms with Crippen molar-refractivity contribution in [1.29, 1.82) is 0 Å². The first-order chi connectivity index (χ1) is 12.4. The summed E-state index contributed by atoms with van der Waals surface area (Å²) in [6, 6.07) is 3.31. The zero-order valence-electron chi connectivity index (χ0n) is 14.2. The highest BCUT2D eigenvalue weighted by Gasteiger charge is 2.15. The molecule has 3 rings (SSSR count). The van der Waals surface area contributed by atoms with Gasteiger partial charge in [-0.3, -0.25) is 18.7 Å². The van der Waals surface area contributed by atoms with Crippen molar-refractivity contribution in [2.75, 3.05) is 0 Å². The van der Waals surface area contributed by atoms with Gasteiger partial charge in [-0.25, -0.2) is 14.8 Å². The molecule has 0 bridgehead atoms. The molecule has 3 heterocycles. The lowest BCUT2D eigenvalue weighted by atomic mass is 10.3. The topological polar surface area (TPSA) is 101 Å². The first kappa shape index (κ1) is 18.1. The van der Waals surface area contributed by atoms with Gasteiger partial charge >= 0.3 is 11.7 Å². The van der Waals surface area contributed by atoms with E-state index in [2.05, 4.69) is 25.9 Å². The highest BCUT2D eigenvalue weighted by molar-refractivity contribution is 9.10. The summed E-state index contributed by atoms with van der Waals surface area (Å²) in [6.07, 6.45) is 3.69. The lowest BCUT2D eigenvalue weighted by Crippen LogP contribution is -2.37. The number of pyridine rings is 1. The fraction of sp³-hybridized carbons (Fsp3) is 0.312. The molecule has 3 aromatic heterocycles. The third-order valence-corrected chi connectivity index (χ3v) is 4.54. The number of ether oxygens (including phenoxy) is 1. The van der Waals surface area contributed by atoms with Crippen LogP contribution in [0.15, 0.2) is 38.8 Å². The molecule has 26 heavy (non-hydrogen) atoms. The second kappa shape index (κ2) is 7.24. The van der Waals surface area contributed by atoms with Gasteiger partial charge in [0.25, 0.3) is 5.56 Å². The molecule has 0 fully saturated rings. The van der Waals surface area contributed by atoms with Gasteiger partial charge in [0, 0.05) is 33.3 Å². The average molecular weight is 422 g/mol. The van der Waals surface area contributed by atoms with Gasteiger partial charge in [0.05, 0.1) is 6.33 Å². The molecule has 0 amide bonds. The van der Waals surface area contributed by atoms with E-state index in [9.17, 15) is 14.4 Å². The number of hydrogen-bond donors (Lipinski definition) is 0. The minimum absolute atomic E-state index is 0.160. The van der Waals surface area contributed by atoms with Gasteiger partial charge in [0.1, 0.15) is 4.60 Å². The minimum Gasteiger partial charge on any atom is -0.424 e. The number of fused-ring (bicyclic) bond motifs is 1. The van der Waals surface area contributed by atoms with Gasteiger partial charge in [-0.1, -0.05) is 0 Å². The Morgan fingerprint density at radius 2 is 2.00 bits per heavy atom. The Morgan fingerprint density at radius 3 is 2.73 bits per heavy atom. The van der Waals surface area contributed by atoms with Crippen LogP contribution in [-0.4, -0.2) is 29.6 Å². The van der Waals surface area contributed by atoms with Crippen LogP contribution in [0.1, 0.15) is 12.8 Å². The Bertz CT molecular complexity index is 1100. The van der Waals surface area contributed by atoms with Crippen LogP contribution < -0.4 is 16.0 Å². The summed E-state index contributed by atoms with van der Waals surface area (Å²) in [5, 5.41) is 0. The van der Waals surface area contributed by atoms with E-state index in [-0.39, 0.29) is 6.42 Å². The zero-order valence-corrected chi connectivity index (χ0v) is 15.8. The minimum atomic E-state index is -0.432. The highest BCUT2D eigenvalue weighted by Crippen LogP contribution is 2.21. The molecule has 0 aliphatic heterocycles. The van der Waals surface area contributed by atoms with Gasteiger partial charge in [-0.15, -0.1) is 0 Å². The molecule has 136 valence electrons. The van der Waals surface area contributed by atoms with Crippen LogP contribution in [0.4, 0.5) is 0 Å². The molecule has 3 aromatic rings. The third kappa shape index (κ3) is 3.32. The van der Waals surface area contributed by atoms with Gasteiger partial charge in [0.15, 0.2) is 16.9 Å². The quantitative estimate of drug-likeness (QED) is 0.449. The summed E-state index contributed by atoms with van der Waals surface area (Å²) < 4.78 is 9.70. The molecule has 10 heteroatoms. The van der Waals surface area contributed by atoms with Crippen LogP contribution >= 0.6 is 15.9 Å². The average Bonchev–Trinajstić information content (AvgIpc) is 3.04. The van der Waals surface area contributed by atoms with E-state index >= 15 is 0 Å². The van der Waals surface area contributed by atoms with Crippen LogP contribution in [0.3, 0.4) is 0 Å². The Labute approximate surface area is 156 Å². The SMILES string of the molecule is Cn1c(=O)c2c(ncn2CCCC(=O)Oc2cccnc2Br)n(C)c1=O. The smallest absolute Gasteiger partial charge is 0.332 e. The van der Waals surface area contributed by atoms with Crippen molar-refractivity contribution in [3.63, 3.8) is 0 Å².